The predicted octanol–water partition coefficient (Wildman–Crippen LogP) is 1.31. The zero-order chi connectivity index (χ0) is 18.7. The number of hydrogen-bond acceptors (Lipinski definition) is 6. The lowest BCUT2D eigenvalue weighted by Gasteiger charge is -2.31. The summed E-state index contributed by atoms with van der Waals surface area (Å²) in [6.45, 7) is 5.42. The van der Waals surface area contributed by atoms with Crippen molar-refractivity contribution in [1.29, 1.82) is 0 Å². The number of aliphatic hydroxyl groups excluding tert-OH is 1. The molecule has 2 aliphatic heterocycles. The van der Waals surface area contributed by atoms with E-state index in [1.165, 1.54) is 6.92 Å². The minimum atomic E-state index is -0.601. The molecule has 2 heterocycles. The third-order valence-corrected chi connectivity index (χ3v) is 4.85. The van der Waals surface area contributed by atoms with Crippen LogP contribution in [-0.4, -0.2) is 73.1 Å². The molecule has 2 aliphatic rings. The third-order valence-electron chi connectivity index (χ3n) is 4.85. The van der Waals surface area contributed by atoms with Gasteiger partial charge >= 0.3 is 0 Å². The average molecular weight is 360 g/mol. The van der Waals surface area contributed by atoms with Crippen molar-refractivity contribution in [1.82, 2.24) is 9.80 Å². The Morgan fingerprint density at radius 2 is 2.04 bits per heavy atom. The maximum atomic E-state index is 12.6. The summed E-state index contributed by atoms with van der Waals surface area (Å²) in [5.41, 5.74) is 0.888. The summed E-state index contributed by atoms with van der Waals surface area (Å²) in [6, 6.07) is 6.64. The number of carbonyl (C=O) groups is 2. The third kappa shape index (κ3) is 3.59. The molecule has 1 aromatic carbocycles. The van der Waals surface area contributed by atoms with Crippen LogP contribution in [0.1, 0.15) is 18.5 Å². The molecular weight excluding hydrogens is 336 g/mol. The molecule has 0 unspecified atom stereocenters. The number of methoxy groups -OCH3 is 1. The van der Waals surface area contributed by atoms with E-state index in [9.17, 15) is 14.7 Å². The van der Waals surface area contributed by atoms with Crippen LogP contribution < -0.4 is 4.74 Å². The quantitative estimate of drug-likeness (QED) is 0.824. The van der Waals surface area contributed by atoms with Crippen LogP contribution in [0.5, 0.6) is 5.75 Å². The summed E-state index contributed by atoms with van der Waals surface area (Å²) < 4.78 is 10.6. The first-order valence-electron chi connectivity index (χ1n) is 8.72. The number of ether oxygens (including phenoxy) is 2. The lowest BCUT2D eigenvalue weighted by Crippen LogP contribution is -2.43. The number of Topliss-reactive ketones (excluding diaryl/α,β-unsaturated/α-hetero) is 1. The van der Waals surface area contributed by atoms with Crippen LogP contribution in [0.4, 0.5) is 0 Å². The molecule has 1 N–H and O–H groups in total. The van der Waals surface area contributed by atoms with Crippen molar-refractivity contribution in [2.75, 3.05) is 46.5 Å². The number of aliphatic hydroxyl groups is 1. The summed E-state index contributed by atoms with van der Waals surface area (Å²) in [4.78, 5) is 28.5. The number of amides is 1. The Morgan fingerprint density at radius 3 is 2.69 bits per heavy atom. The zero-order valence-corrected chi connectivity index (χ0v) is 15.1. The molecule has 26 heavy (non-hydrogen) atoms. The van der Waals surface area contributed by atoms with E-state index in [0.29, 0.717) is 32.1 Å². The van der Waals surface area contributed by atoms with Gasteiger partial charge in [0, 0.05) is 26.2 Å². The van der Waals surface area contributed by atoms with E-state index in [1.807, 2.05) is 12.1 Å². The highest BCUT2D eigenvalue weighted by Gasteiger charge is 2.42. The molecule has 0 radical (unpaired) electrons. The molecule has 1 saturated heterocycles. The highest BCUT2D eigenvalue weighted by Crippen LogP contribution is 2.38. The second kappa shape index (κ2) is 7.88. The highest BCUT2D eigenvalue weighted by atomic mass is 16.5. The molecule has 1 amide bonds. The maximum Gasteiger partial charge on any atom is 0.290 e. The van der Waals surface area contributed by atoms with E-state index in [-0.39, 0.29) is 11.4 Å². The first-order valence-corrected chi connectivity index (χ1v) is 8.72. The fraction of sp³-hybridized carbons (Fsp3) is 0.474. The van der Waals surface area contributed by atoms with E-state index in [1.54, 1.807) is 24.1 Å². The van der Waals surface area contributed by atoms with Crippen LogP contribution in [0, 0.1) is 0 Å². The fourth-order valence-corrected chi connectivity index (χ4v) is 3.48. The molecule has 3 rings (SSSR count). The van der Waals surface area contributed by atoms with Gasteiger partial charge in [0.1, 0.15) is 5.75 Å². The maximum absolute atomic E-state index is 12.6. The fourth-order valence-electron chi connectivity index (χ4n) is 3.48. The second-order valence-corrected chi connectivity index (χ2v) is 6.45. The van der Waals surface area contributed by atoms with Crippen LogP contribution in [-0.2, 0) is 14.3 Å². The van der Waals surface area contributed by atoms with Crippen molar-refractivity contribution < 1.29 is 24.2 Å². The van der Waals surface area contributed by atoms with Gasteiger partial charge in [-0.25, -0.2) is 0 Å². The van der Waals surface area contributed by atoms with Gasteiger partial charge in [-0.15, -0.1) is 0 Å². The van der Waals surface area contributed by atoms with Crippen molar-refractivity contribution in [2.45, 2.75) is 13.0 Å². The smallest absolute Gasteiger partial charge is 0.290 e. The normalized spacial score (nSPS) is 21.4. The summed E-state index contributed by atoms with van der Waals surface area (Å²) in [6.07, 6.45) is 0. The SMILES string of the molecule is COc1cccc([C@@H]2C(C(C)=O)=C(O)C(=O)N2CCN2CCOCC2)c1. The Bertz CT molecular complexity index is 724. The number of carbonyl (C=O) groups excluding carboxylic acids is 2. The molecule has 0 spiro atoms. The predicted molar refractivity (Wildman–Crippen MR) is 95.0 cm³/mol. The van der Waals surface area contributed by atoms with Crippen LogP contribution in [0.2, 0.25) is 0 Å². The van der Waals surface area contributed by atoms with Crippen molar-refractivity contribution in [3.63, 3.8) is 0 Å². The first kappa shape index (κ1) is 18.4. The van der Waals surface area contributed by atoms with Gasteiger partial charge in [0.15, 0.2) is 11.5 Å². The largest absolute Gasteiger partial charge is 0.503 e. The van der Waals surface area contributed by atoms with Gasteiger partial charge in [-0.1, -0.05) is 12.1 Å². The minimum absolute atomic E-state index is 0.144. The number of benzene rings is 1. The van der Waals surface area contributed by atoms with E-state index >= 15 is 0 Å². The molecule has 7 heteroatoms. The Labute approximate surface area is 152 Å². The summed E-state index contributed by atoms with van der Waals surface area (Å²) in [5, 5.41) is 10.3. The number of rotatable bonds is 6. The van der Waals surface area contributed by atoms with Crippen molar-refractivity contribution >= 4 is 11.7 Å². The van der Waals surface area contributed by atoms with E-state index < -0.39 is 17.7 Å². The van der Waals surface area contributed by atoms with E-state index in [0.717, 1.165) is 18.7 Å². The lowest BCUT2D eigenvalue weighted by molar-refractivity contribution is -0.129. The van der Waals surface area contributed by atoms with Crippen molar-refractivity contribution in [2.24, 2.45) is 0 Å². The number of hydrogen-bond donors (Lipinski definition) is 1. The van der Waals surface area contributed by atoms with Crippen LogP contribution in [0.3, 0.4) is 0 Å². The first-order chi connectivity index (χ1) is 12.5. The second-order valence-electron chi connectivity index (χ2n) is 6.45. The molecular formula is C19H24N2O5. The van der Waals surface area contributed by atoms with Crippen LogP contribution in [0.15, 0.2) is 35.6 Å². The molecule has 0 aromatic heterocycles. The van der Waals surface area contributed by atoms with Gasteiger partial charge in [-0.05, 0) is 24.6 Å². The van der Waals surface area contributed by atoms with Crippen molar-refractivity contribution in [3.8, 4) is 5.75 Å². The Hall–Kier alpha value is -2.38. The number of ketones is 1. The molecule has 0 bridgehead atoms. The standard InChI is InChI=1S/C19H24N2O5/c1-13(22)16-17(14-4-3-5-15(12-14)25-2)21(19(24)18(16)23)7-6-20-8-10-26-11-9-20/h3-5,12,17,23H,6-11H2,1-2H3/t17-/m1/s1. The topological polar surface area (TPSA) is 79.3 Å². The Morgan fingerprint density at radius 1 is 1.31 bits per heavy atom. The zero-order valence-electron chi connectivity index (χ0n) is 15.1. The molecule has 1 aromatic rings. The average Bonchev–Trinajstić information content (AvgIpc) is 2.92. The van der Waals surface area contributed by atoms with Gasteiger partial charge in [0.25, 0.3) is 5.91 Å². The lowest BCUT2D eigenvalue weighted by atomic mass is 9.96. The minimum Gasteiger partial charge on any atom is -0.503 e. The van der Waals surface area contributed by atoms with E-state index in [4.69, 9.17) is 9.47 Å². The number of morpholine rings is 1. The van der Waals surface area contributed by atoms with Gasteiger partial charge in [0.05, 0.1) is 31.9 Å². The highest BCUT2D eigenvalue weighted by molar-refractivity contribution is 6.08. The molecule has 1 atom stereocenters. The van der Waals surface area contributed by atoms with Gasteiger partial charge in [-0.2, -0.15) is 0 Å². The number of nitrogens with zero attached hydrogens (tertiary/aromatic N) is 2. The molecule has 0 saturated carbocycles. The summed E-state index contributed by atoms with van der Waals surface area (Å²) >= 11 is 0. The summed E-state index contributed by atoms with van der Waals surface area (Å²) in [5.74, 6) is -0.626. The Kier molecular flexibility index (Phi) is 5.58. The van der Waals surface area contributed by atoms with Crippen LogP contribution >= 0.6 is 0 Å². The molecule has 0 aliphatic carbocycles. The molecule has 1 fully saturated rings. The van der Waals surface area contributed by atoms with E-state index in [2.05, 4.69) is 4.90 Å². The van der Waals surface area contributed by atoms with Crippen LogP contribution in [0.25, 0.3) is 0 Å². The van der Waals surface area contributed by atoms with Gasteiger partial charge in [-0.3, -0.25) is 14.5 Å². The van der Waals surface area contributed by atoms with Crippen molar-refractivity contribution in [3.05, 3.63) is 41.2 Å². The Balaban J connectivity index is 1.88. The van der Waals surface area contributed by atoms with Gasteiger partial charge < -0.3 is 19.5 Å². The molecule has 7 nitrogen and oxygen atoms in total. The molecule has 140 valence electrons. The monoisotopic (exact) mass is 360 g/mol. The van der Waals surface area contributed by atoms with Gasteiger partial charge in [0.2, 0.25) is 0 Å². The summed E-state index contributed by atoms with van der Waals surface area (Å²) in [7, 11) is 1.56.